The zero-order chi connectivity index (χ0) is 14.3. The lowest BCUT2D eigenvalue weighted by Crippen LogP contribution is -2.41. The summed E-state index contributed by atoms with van der Waals surface area (Å²) in [6.45, 7) is 1.47. The van der Waals surface area contributed by atoms with E-state index in [0.29, 0.717) is 0 Å². The van der Waals surface area contributed by atoms with E-state index in [0.717, 1.165) is 23.4 Å². The van der Waals surface area contributed by atoms with Crippen molar-refractivity contribution >= 4 is 23.3 Å². The minimum atomic E-state index is -0.819. The van der Waals surface area contributed by atoms with Crippen molar-refractivity contribution in [2.45, 2.75) is 25.3 Å². The van der Waals surface area contributed by atoms with Crippen molar-refractivity contribution in [3.63, 3.8) is 0 Å². The van der Waals surface area contributed by atoms with Gasteiger partial charge >= 0.3 is 5.97 Å². The van der Waals surface area contributed by atoms with Crippen LogP contribution in [-0.4, -0.2) is 23.0 Å². The minimum absolute atomic E-state index is 0.0348. The van der Waals surface area contributed by atoms with Gasteiger partial charge in [-0.15, -0.1) is 0 Å². The summed E-state index contributed by atoms with van der Waals surface area (Å²) in [5.41, 5.74) is 2.62. The second kappa shape index (κ2) is 4.67. The van der Waals surface area contributed by atoms with Gasteiger partial charge in [0.25, 0.3) is 0 Å². The lowest BCUT2D eigenvalue weighted by atomic mass is 9.79. The van der Waals surface area contributed by atoms with Gasteiger partial charge < -0.3 is 15.7 Å². The number of anilines is 2. The number of benzene rings is 1. The minimum Gasteiger partial charge on any atom is -0.480 e. The van der Waals surface area contributed by atoms with Crippen molar-refractivity contribution in [2.75, 3.05) is 10.6 Å². The van der Waals surface area contributed by atoms with E-state index in [9.17, 15) is 14.7 Å². The molecule has 5 nitrogen and oxygen atoms in total. The quantitative estimate of drug-likeness (QED) is 0.721. The van der Waals surface area contributed by atoms with Crippen molar-refractivity contribution in [3.8, 4) is 0 Å². The fraction of sp³-hybridized carbons (Fsp3) is 0.333. The van der Waals surface area contributed by atoms with E-state index in [1.165, 1.54) is 6.92 Å². The van der Waals surface area contributed by atoms with Crippen LogP contribution < -0.4 is 10.6 Å². The van der Waals surface area contributed by atoms with Gasteiger partial charge in [-0.25, -0.2) is 4.79 Å². The number of rotatable bonds is 2. The van der Waals surface area contributed by atoms with Crippen LogP contribution in [0.15, 0.2) is 30.4 Å². The first-order chi connectivity index (χ1) is 9.56. The number of amides is 1. The summed E-state index contributed by atoms with van der Waals surface area (Å²) >= 11 is 0. The van der Waals surface area contributed by atoms with Crippen LogP contribution in [0, 0.1) is 5.92 Å². The zero-order valence-corrected chi connectivity index (χ0v) is 11.1. The Balaban J connectivity index is 2.00. The lowest BCUT2D eigenvalue weighted by Gasteiger charge is -2.34. The molecule has 20 heavy (non-hydrogen) atoms. The molecule has 1 heterocycles. The van der Waals surface area contributed by atoms with Crippen molar-refractivity contribution in [1.82, 2.24) is 0 Å². The third-order valence-corrected chi connectivity index (χ3v) is 3.95. The maximum absolute atomic E-state index is 11.4. The molecule has 0 radical (unpaired) electrons. The third kappa shape index (κ3) is 2.05. The Morgan fingerprint density at radius 1 is 1.40 bits per heavy atom. The molecule has 0 unspecified atom stereocenters. The third-order valence-electron chi connectivity index (χ3n) is 3.95. The number of hydrogen-bond acceptors (Lipinski definition) is 3. The highest BCUT2D eigenvalue weighted by atomic mass is 16.4. The summed E-state index contributed by atoms with van der Waals surface area (Å²) in [5, 5.41) is 15.2. The van der Waals surface area contributed by atoms with Gasteiger partial charge in [-0.05, 0) is 30.2 Å². The molecular weight excluding hydrogens is 256 g/mol. The Labute approximate surface area is 116 Å². The monoisotopic (exact) mass is 272 g/mol. The van der Waals surface area contributed by atoms with Gasteiger partial charge in [-0.1, -0.05) is 12.2 Å². The number of allylic oxidation sites excluding steroid dienone is 2. The summed E-state index contributed by atoms with van der Waals surface area (Å²) in [4.78, 5) is 22.5. The SMILES string of the molecule is CC(=O)Nc1ccc2c(c1)[C@H]1C=CC[C@@H]1[C@H](C(=O)O)N2. The van der Waals surface area contributed by atoms with Crippen LogP contribution in [0.2, 0.25) is 0 Å². The maximum atomic E-state index is 11.4. The number of aliphatic carboxylic acids is 1. The number of carbonyl (C=O) groups excluding carboxylic acids is 1. The molecule has 3 rings (SSSR count). The smallest absolute Gasteiger partial charge is 0.326 e. The molecule has 1 aliphatic carbocycles. The van der Waals surface area contributed by atoms with E-state index in [1.54, 1.807) is 6.07 Å². The second-order valence-corrected chi connectivity index (χ2v) is 5.30. The van der Waals surface area contributed by atoms with E-state index >= 15 is 0 Å². The van der Waals surface area contributed by atoms with E-state index in [-0.39, 0.29) is 17.7 Å². The fourth-order valence-electron chi connectivity index (χ4n) is 3.12. The van der Waals surface area contributed by atoms with Gasteiger partial charge in [0.05, 0.1) is 0 Å². The average Bonchev–Trinajstić information content (AvgIpc) is 2.86. The summed E-state index contributed by atoms with van der Waals surface area (Å²) in [6, 6.07) is 4.98. The average molecular weight is 272 g/mol. The molecule has 3 atom stereocenters. The number of fused-ring (bicyclic) bond motifs is 3. The molecule has 0 saturated heterocycles. The highest BCUT2D eigenvalue weighted by Crippen LogP contribution is 2.45. The normalized spacial score (nSPS) is 26.4. The Kier molecular flexibility index (Phi) is 2.97. The maximum Gasteiger partial charge on any atom is 0.326 e. The van der Waals surface area contributed by atoms with Crippen LogP contribution in [0.3, 0.4) is 0 Å². The van der Waals surface area contributed by atoms with Gasteiger partial charge in [0, 0.05) is 30.1 Å². The molecule has 1 aromatic carbocycles. The molecule has 0 spiro atoms. The molecule has 0 bridgehead atoms. The van der Waals surface area contributed by atoms with Crippen LogP contribution >= 0.6 is 0 Å². The van der Waals surface area contributed by atoms with Crippen LogP contribution in [0.1, 0.15) is 24.8 Å². The second-order valence-electron chi connectivity index (χ2n) is 5.30. The summed E-state index contributed by atoms with van der Waals surface area (Å²) < 4.78 is 0. The van der Waals surface area contributed by atoms with Gasteiger partial charge in [-0.2, -0.15) is 0 Å². The fourth-order valence-corrected chi connectivity index (χ4v) is 3.12. The standard InChI is InChI=1S/C15H16N2O3/c1-8(18)16-9-5-6-13-12(7-9)10-3-2-4-11(10)14(17-13)15(19)20/h2-3,5-7,10-11,14,17H,4H2,1H3,(H,16,18)(H,19,20)/t10-,11-,14+/m0/s1. The van der Waals surface area contributed by atoms with Crippen molar-refractivity contribution in [1.29, 1.82) is 0 Å². The summed E-state index contributed by atoms with van der Waals surface area (Å²) in [6.07, 6.45) is 4.86. The van der Waals surface area contributed by atoms with Crippen molar-refractivity contribution in [2.24, 2.45) is 5.92 Å². The number of nitrogens with one attached hydrogen (secondary N) is 2. The van der Waals surface area contributed by atoms with E-state index in [4.69, 9.17) is 0 Å². The van der Waals surface area contributed by atoms with Crippen molar-refractivity contribution < 1.29 is 14.7 Å². The Bertz CT molecular complexity index is 609. The van der Waals surface area contributed by atoms with Gasteiger partial charge in [0.2, 0.25) is 5.91 Å². The molecule has 0 aromatic heterocycles. The predicted octanol–water partition coefficient (Wildman–Crippen LogP) is 2.18. The number of carboxylic acids is 1. The molecule has 104 valence electrons. The number of carboxylic acid groups (broad SMARTS) is 1. The molecule has 2 aliphatic rings. The van der Waals surface area contributed by atoms with E-state index in [1.807, 2.05) is 18.2 Å². The van der Waals surface area contributed by atoms with Gasteiger partial charge in [0.1, 0.15) is 6.04 Å². The predicted molar refractivity (Wildman–Crippen MR) is 75.8 cm³/mol. The molecule has 0 fully saturated rings. The highest BCUT2D eigenvalue weighted by molar-refractivity contribution is 5.89. The first kappa shape index (κ1) is 12.7. The first-order valence-corrected chi connectivity index (χ1v) is 6.64. The van der Waals surface area contributed by atoms with Crippen molar-refractivity contribution in [3.05, 3.63) is 35.9 Å². The highest BCUT2D eigenvalue weighted by Gasteiger charge is 2.40. The van der Waals surface area contributed by atoms with Crippen LogP contribution in [0.4, 0.5) is 11.4 Å². The molecule has 3 N–H and O–H groups in total. The Morgan fingerprint density at radius 3 is 2.90 bits per heavy atom. The van der Waals surface area contributed by atoms with Gasteiger partial charge in [0.15, 0.2) is 0 Å². The molecule has 1 aromatic rings. The molecule has 1 amide bonds. The topological polar surface area (TPSA) is 78.4 Å². The molecule has 0 saturated carbocycles. The zero-order valence-electron chi connectivity index (χ0n) is 11.1. The van der Waals surface area contributed by atoms with Crippen LogP contribution in [0.5, 0.6) is 0 Å². The Hall–Kier alpha value is -2.30. The summed E-state index contributed by atoms with van der Waals surface area (Å²) in [7, 11) is 0. The first-order valence-electron chi connectivity index (χ1n) is 6.64. The Morgan fingerprint density at radius 2 is 2.20 bits per heavy atom. The van der Waals surface area contributed by atoms with E-state index < -0.39 is 12.0 Å². The lowest BCUT2D eigenvalue weighted by molar-refractivity contribution is -0.139. The van der Waals surface area contributed by atoms with Crippen LogP contribution in [0.25, 0.3) is 0 Å². The van der Waals surface area contributed by atoms with Gasteiger partial charge in [-0.3, -0.25) is 4.79 Å². The van der Waals surface area contributed by atoms with Crippen LogP contribution in [-0.2, 0) is 9.59 Å². The van der Waals surface area contributed by atoms with E-state index in [2.05, 4.69) is 16.7 Å². The number of hydrogen-bond donors (Lipinski definition) is 3. The molecule has 1 aliphatic heterocycles. The number of carbonyl (C=O) groups is 2. The molecular formula is C15H16N2O3. The molecule has 5 heteroatoms. The summed E-state index contributed by atoms with van der Waals surface area (Å²) in [5.74, 6) is -0.801. The largest absolute Gasteiger partial charge is 0.480 e.